The number of methoxy groups -OCH3 is 2. The first-order chi connectivity index (χ1) is 16.6. The minimum Gasteiger partial charge on any atom is -0.499 e. The van der Waals surface area contributed by atoms with Crippen LogP contribution in [0, 0.1) is 13.8 Å². The summed E-state index contributed by atoms with van der Waals surface area (Å²) in [4.78, 5) is 8.42. The molecule has 0 aromatic carbocycles. The first-order valence-electron chi connectivity index (χ1n) is 10.9. The molecular formula is C23H30N6O5S. The molecule has 0 unspecified atom stereocenters. The number of nitrogens with zero attached hydrogens (tertiary/aromatic N) is 5. The van der Waals surface area contributed by atoms with E-state index in [1.54, 1.807) is 38.4 Å². The number of allylic oxidation sites excluding steroid dienone is 2. The summed E-state index contributed by atoms with van der Waals surface area (Å²) < 4.78 is 47.3. The van der Waals surface area contributed by atoms with Gasteiger partial charge in [0.25, 0.3) is 0 Å². The van der Waals surface area contributed by atoms with Crippen molar-refractivity contribution in [3.05, 3.63) is 59.8 Å². The van der Waals surface area contributed by atoms with Gasteiger partial charge in [-0.1, -0.05) is 13.5 Å². The van der Waals surface area contributed by atoms with Crippen LogP contribution in [0.1, 0.15) is 37.4 Å². The Morgan fingerprint density at radius 3 is 2.40 bits per heavy atom. The predicted octanol–water partition coefficient (Wildman–Crippen LogP) is 3.70. The van der Waals surface area contributed by atoms with Gasteiger partial charge in [0.1, 0.15) is 28.8 Å². The second kappa shape index (κ2) is 10.7. The number of rotatable bonds is 11. The summed E-state index contributed by atoms with van der Waals surface area (Å²) >= 11 is 0. The van der Waals surface area contributed by atoms with Crippen molar-refractivity contribution in [2.45, 2.75) is 45.8 Å². The van der Waals surface area contributed by atoms with E-state index in [1.807, 2.05) is 13.8 Å². The topological polar surface area (TPSA) is 134 Å². The maximum atomic E-state index is 13.3. The number of hydrogen-bond donors (Lipinski definition) is 1. The number of hydrogen-bond acceptors (Lipinski definition) is 9. The monoisotopic (exact) mass is 502 g/mol. The summed E-state index contributed by atoms with van der Waals surface area (Å²) in [6.07, 6.45) is 3.87. The lowest BCUT2D eigenvalue weighted by molar-refractivity contribution is 0.269. The van der Waals surface area contributed by atoms with E-state index in [0.29, 0.717) is 35.2 Å². The van der Waals surface area contributed by atoms with E-state index in [9.17, 15) is 8.42 Å². The van der Waals surface area contributed by atoms with Crippen molar-refractivity contribution in [3.63, 3.8) is 0 Å². The van der Waals surface area contributed by atoms with Gasteiger partial charge in [-0.3, -0.25) is 9.29 Å². The lowest BCUT2D eigenvalue weighted by Gasteiger charge is -2.20. The number of ether oxygens (including phenoxy) is 2. The van der Waals surface area contributed by atoms with E-state index in [4.69, 9.17) is 13.9 Å². The molecule has 0 spiro atoms. The SMILES string of the molecule is C=C(OC)/C(=C(\CC)OC)n1c(NS(=O)(=O)[C@@H](C)Cc2ncc(C)cn2)nnc1-c1ccc(C)o1. The molecule has 11 nitrogen and oxygen atoms in total. The van der Waals surface area contributed by atoms with Gasteiger partial charge in [0, 0.05) is 25.2 Å². The second-order valence-electron chi connectivity index (χ2n) is 7.89. The first-order valence-corrected chi connectivity index (χ1v) is 12.5. The van der Waals surface area contributed by atoms with Gasteiger partial charge in [-0.15, -0.1) is 10.2 Å². The van der Waals surface area contributed by atoms with Crippen LogP contribution in [0.5, 0.6) is 0 Å². The fourth-order valence-corrected chi connectivity index (χ4v) is 4.26. The fraction of sp³-hybridized carbons (Fsp3) is 0.391. The van der Waals surface area contributed by atoms with E-state index < -0.39 is 15.3 Å². The van der Waals surface area contributed by atoms with Crippen LogP contribution in [0.15, 0.2) is 47.0 Å². The average molecular weight is 503 g/mol. The minimum absolute atomic E-state index is 0.0677. The molecule has 3 aromatic rings. The molecule has 0 fully saturated rings. The summed E-state index contributed by atoms with van der Waals surface area (Å²) in [7, 11) is -0.962. The summed E-state index contributed by atoms with van der Waals surface area (Å²) in [5.41, 5.74) is 1.25. The van der Waals surface area contributed by atoms with Crippen LogP contribution < -0.4 is 4.72 Å². The first kappa shape index (κ1) is 25.9. The van der Waals surface area contributed by atoms with E-state index in [1.165, 1.54) is 18.8 Å². The molecular weight excluding hydrogens is 472 g/mol. The molecule has 0 bridgehead atoms. The van der Waals surface area contributed by atoms with Gasteiger partial charge >= 0.3 is 0 Å². The van der Waals surface area contributed by atoms with Gasteiger partial charge in [0.15, 0.2) is 5.76 Å². The highest BCUT2D eigenvalue weighted by molar-refractivity contribution is 7.93. The Hall–Kier alpha value is -3.67. The number of nitrogens with one attached hydrogen (secondary N) is 1. The Balaban J connectivity index is 2.09. The zero-order valence-corrected chi connectivity index (χ0v) is 21.5. The normalized spacial score (nSPS) is 13.2. The molecule has 12 heteroatoms. The van der Waals surface area contributed by atoms with E-state index >= 15 is 0 Å². The molecule has 188 valence electrons. The molecule has 3 aromatic heterocycles. The van der Waals surface area contributed by atoms with Crippen LogP contribution in [-0.4, -0.2) is 52.6 Å². The van der Waals surface area contributed by atoms with Crippen LogP contribution in [0.4, 0.5) is 5.95 Å². The Morgan fingerprint density at radius 1 is 1.17 bits per heavy atom. The van der Waals surface area contributed by atoms with Crippen LogP contribution in [0.3, 0.4) is 0 Å². The molecule has 0 amide bonds. The van der Waals surface area contributed by atoms with Crippen molar-refractivity contribution in [3.8, 4) is 11.6 Å². The smallest absolute Gasteiger partial charge is 0.243 e. The molecule has 0 saturated heterocycles. The van der Waals surface area contributed by atoms with Crippen molar-refractivity contribution in [1.82, 2.24) is 24.7 Å². The summed E-state index contributed by atoms with van der Waals surface area (Å²) in [6.45, 7) is 11.1. The number of aromatic nitrogens is 5. The van der Waals surface area contributed by atoms with E-state index in [0.717, 1.165) is 5.56 Å². The Labute approximate surface area is 205 Å². The van der Waals surface area contributed by atoms with Gasteiger partial charge in [0.2, 0.25) is 21.8 Å². The second-order valence-corrected chi connectivity index (χ2v) is 9.99. The largest absolute Gasteiger partial charge is 0.499 e. The summed E-state index contributed by atoms with van der Waals surface area (Å²) in [5, 5.41) is 7.46. The average Bonchev–Trinajstić information content (AvgIpc) is 3.43. The predicted molar refractivity (Wildman–Crippen MR) is 132 cm³/mol. The molecule has 1 N–H and O–H groups in total. The summed E-state index contributed by atoms with van der Waals surface area (Å²) in [6, 6.07) is 3.49. The Morgan fingerprint density at radius 2 is 1.86 bits per heavy atom. The van der Waals surface area contributed by atoms with Crippen LogP contribution in [0.2, 0.25) is 0 Å². The van der Waals surface area contributed by atoms with Crippen LogP contribution >= 0.6 is 0 Å². The molecule has 0 saturated carbocycles. The fourth-order valence-electron chi connectivity index (χ4n) is 3.31. The Bertz CT molecular complexity index is 1320. The van der Waals surface area contributed by atoms with Crippen molar-refractivity contribution in [1.29, 1.82) is 0 Å². The Kier molecular flexibility index (Phi) is 7.95. The molecule has 35 heavy (non-hydrogen) atoms. The maximum absolute atomic E-state index is 13.3. The van der Waals surface area contributed by atoms with Gasteiger partial charge < -0.3 is 13.9 Å². The van der Waals surface area contributed by atoms with Gasteiger partial charge in [-0.2, -0.15) is 0 Å². The van der Waals surface area contributed by atoms with Gasteiger partial charge in [-0.05, 0) is 38.5 Å². The van der Waals surface area contributed by atoms with Crippen LogP contribution in [0.25, 0.3) is 17.3 Å². The molecule has 3 heterocycles. The molecule has 0 aliphatic carbocycles. The number of anilines is 1. The quantitative estimate of drug-likeness (QED) is 0.307. The third-order valence-corrected chi connectivity index (χ3v) is 6.95. The number of furan rings is 1. The third kappa shape index (κ3) is 5.70. The highest BCUT2D eigenvalue weighted by atomic mass is 32.2. The number of sulfonamides is 1. The van der Waals surface area contributed by atoms with Gasteiger partial charge in [-0.25, -0.2) is 18.4 Å². The van der Waals surface area contributed by atoms with Crippen molar-refractivity contribution >= 4 is 21.7 Å². The highest BCUT2D eigenvalue weighted by Crippen LogP contribution is 2.33. The minimum atomic E-state index is -3.93. The van der Waals surface area contributed by atoms with Crippen LogP contribution in [-0.2, 0) is 25.9 Å². The lowest BCUT2D eigenvalue weighted by Crippen LogP contribution is -2.29. The van der Waals surface area contributed by atoms with Crippen molar-refractivity contribution in [2.24, 2.45) is 0 Å². The molecule has 3 rings (SSSR count). The zero-order valence-electron chi connectivity index (χ0n) is 20.7. The molecule has 0 aliphatic rings. The van der Waals surface area contributed by atoms with Gasteiger partial charge in [0.05, 0.1) is 19.5 Å². The third-order valence-electron chi connectivity index (χ3n) is 5.26. The van der Waals surface area contributed by atoms with Crippen molar-refractivity contribution < 1.29 is 22.3 Å². The maximum Gasteiger partial charge on any atom is 0.243 e. The van der Waals surface area contributed by atoms with E-state index in [-0.39, 0.29) is 24.0 Å². The van der Waals surface area contributed by atoms with E-state index in [2.05, 4.69) is 31.5 Å². The molecule has 0 radical (unpaired) electrons. The zero-order chi connectivity index (χ0) is 25.8. The summed E-state index contributed by atoms with van der Waals surface area (Å²) in [5.74, 6) is 2.36. The lowest BCUT2D eigenvalue weighted by atomic mass is 10.2. The number of aryl methyl sites for hydroxylation is 2. The molecule has 0 aliphatic heterocycles. The molecule has 1 atom stereocenters. The highest BCUT2D eigenvalue weighted by Gasteiger charge is 2.29. The van der Waals surface area contributed by atoms with Crippen molar-refractivity contribution in [2.75, 3.05) is 18.9 Å². The standard InChI is InChI=1S/C23H30N6O5S/c1-8-18(33-7)21(17(5)32-6)29-22(19-10-9-15(3)34-19)26-27-23(29)28-35(30,31)16(4)11-20-24-12-14(2)13-25-20/h9-10,12-13,16H,5,8,11H2,1-4,6-7H3,(H,27,28)/b21-18-/t16-/m0/s1.